The molecule has 1 rings (SSSR count). The van der Waals surface area contributed by atoms with Gasteiger partial charge in [0.25, 0.3) is 0 Å². The summed E-state index contributed by atoms with van der Waals surface area (Å²) >= 11 is 0. The van der Waals surface area contributed by atoms with Crippen LogP contribution in [-0.4, -0.2) is 18.7 Å². The van der Waals surface area contributed by atoms with Gasteiger partial charge in [0, 0.05) is 0 Å². The Morgan fingerprint density at radius 2 is 2.83 bits per heavy atom. The van der Waals surface area contributed by atoms with Gasteiger partial charge in [-0.25, -0.2) is 0 Å². The van der Waals surface area contributed by atoms with E-state index < -0.39 is 0 Å². The standard InChI is InChI=1S/C4H6NO/c1-4-5-2-3-6-4/h2H,3H2,1H3/q+1. The molecule has 1 heterocycles. The van der Waals surface area contributed by atoms with E-state index in [1.54, 1.807) is 6.21 Å². The van der Waals surface area contributed by atoms with Crippen molar-refractivity contribution >= 4 is 12.1 Å². The van der Waals surface area contributed by atoms with Crippen LogP contribution in [0.3, 0.4) is 0 Å². The molecule has 0 saturated heterocycles. The van der Waals surface area contributed by atoms with E-state index in [2.05, 4.69) is 4.67 Å². The summed E-state index contributed by atoms with van der Waals surface area (Å²) in [7, 11) is 0. The fourth-order valence-electron chi connectivity index (χ4n) is 0.361. The van der Waals surface area contributed by atoms with Crippen LogP contribution in [0.2, 0.25) is 0 Å². The zero-order chi connectivity index (χ0) is 4.41. The van der Waals surface area contributed by atoms with E-state index in [9.17, 15) is 0 Å². The minimum absolute atomic E-state index is 0.659. The number of nitrogens with zero attached hydrogens (tertiary/aromatic N) is 1. The van der Waals surface area contributed by atoms with Crippen LogP contribution in [0.5, 0.6) is 0 Å². The van der Waals surface area contributed by atoms with E-state index in [4.69, 9.17) is 4.74 Å². The monoisotopic (exact) mass is 84.0 g/mol. The van der Waals surface area contributed by atoms with Gasteiger partial charge in [-0.2, -0.15) is 0 Å². The minimum Gasteiger partial charge on any atom is -0.424 e. The molecule has 1 aliphatic heterocycles. The van der Waals surface area contributed by atoms with Gasteiger partial charge in [-0.3, -0.25) is 0 Å². The van der Waals surface area contributed by atoms with Crippen molar-refractivity contribution < 1.29 is 4.74 Å². The van der Waals surface area contributed by atoms with Crippen LogP contribution in [0.15, 0.2) is 0 Å². The lowest BCUT2D eigenvalue weighted by Gasteiger charge is -1.75. The zero-order valence-corrected chi connectivity index (χ0v) is 3.64. The van der Waals surface area contributed by atoms with E-state index >= 15 is 0 Å². The molecule has 0 aromatic heterocycles. The molecule has 0 aromatic carbocycles. The molecule has 0 bridgehead atoms. The van der Waals surface area contributed by atoms with Gasteiger partial charge in [0.1, 0.15) is 0 Å². The maximum absolute atomic E-state index is 4.85. The molecule has 32 valence electrons. The first-order valence-corrected chi connectivity index (χ1v) is 1.88. The van der Waals surface area contributed by atoms with Gasteiger partial charge in [-0.15, -0.1) is 0 Å². The summed E-state index contributed by atoms with van der Waals surface area (Å²) in [5.74, 6) is 0.773. The average Bonchev–Trinajstić information content (AvgIpc) is 1.86. The first-order chi connectivity index (χ1) is 2.89. The molecule has 2 heteroatoms. The number of ether oxygens (including phenoxy) is 1. The first kappa shape index (κ1) is 3.44. The topological polar surface area (TPSA) is 23.3 Å². The van der Waals surface area contributed by atoms with Crippen LogP contribution in [0, 0.1) is 0 Å². The highest BCUT2D eigenvalue weighted by molar-refractivity contribution is 5.81. The molecule has 0 saturated carbocycles. The van der Waals surface area contributed by atoms with Crippen LogP contribution >= 0.6 is 0 Å². The molecular weight excluding hydrogens is 78.0 g/mol. The van der Waals surface area contributed by atoms with E-state index in [1.165, 1.54) is 0 Å². The molecule has 2 nitrogen and oxygen atoms in total. The van der Waals surface area contributed by atoms with Crippen LogP contribution in [0.25, 0.3) is 0 Å². The third-order valence-corrected chi connectivity index (χ3v) is 0.640. The van der Waals surface area contributed by atoms with Crippen molar-refractivity contribution in [2.45, 2.75) is 6.92 Å². The van der Waals surface area contributed by atoms with E-state index in [0.717, 1.165) is 5.90 Å². The highest BCUT2D eigenvalue weighted by Gasteiger charge is 2.05. The van der Waals surface area contributed by atoms with Gasteiger partial charge in [0.15, 0.2) is 6.61 Å². The van der Waals surface area contributed by atoms with E-state index in [1.807, 2.05) is 6.92 Å². The van der Waals surface area contributed by atoms with E-state index in [0.29, 0.717) is 6.61 Å². The van der Waals surface area contributed by atoms with Crippen LogP contribution in [-0.2, 0) is 4.74 Å². The number of hydrogen-bond acceptors (Lipinski definition) is 1. The maximum atomic E-state index is 4.85. The largest absolute Gasteiger partial charge is 0.458 e. The van der Waals surface area contributed by atoms with Crippen molar-refractivity contribution in [3.8, 4) is 0 Å². The third kappa shape index (κ3) is 0.421. The van der Waals surface area contributed by atoms with Crippen LogP contribution in [0.1, 0.15) is 6.92 Å². The number of rotatable bonds is 0. The lowest BCUT2D eigenvalue weighted by atomic mass is 10.8. The molecule has 0 fully saturated rings. The lowest BCUT2D eigenvalue weighted by Crippen LogP contribution is -1.92. The van der Waals surface area contributed by atoms with Gasteiger partial charge < -0.3 is 4.74 Å². The second-order valence-electron chi connectivity index (χ2n) is 1.14. The average molecular weight is 84.1 g/mol. The van der Waals surface area contributed by atoms with Crippen molar-refractivity contribution in [3.05, 3.63) is 0 Å². The smallest absolute Gasteiger partial charge is 0.424 e. The van der Waals surface area contributed by atoms with Gasteiger partial charge >= 0.3 is 12.1 Å². The Kier molecular flexibility index (Phi) is 0.659. The van der Waals surface area contributed by atoms with Crippen molar-refractivity contribution in [1.82, 2.24) is 4.67 Å². The molecule has 0 N–H and O–H groups in total. The number of hydrogen-bond donors (Lipinski definition) is 0. The summed E-state index contributed by atoms with van der Waals surface area (Å²) in [4.78, 5) is 0. The van der Waals surface area contributed by atoms with E-state index in [-0.39, 0.29) is 0 Å². The van der Waals surface area contributed by atoms with Crippen molar-refractivity contribution in [2.24, 2.45) is 0 Å². The lowest BCUT2D eigenvalue weighted by molar-refractivity contribution is 0.376. The second-order valence-corrected chi connectivity index (χ2v) is 1.14. The summed E-state index contributed by atoms with van der Waals surface area (Å²) in [5, 5.41) is 0. The van der Waals surface area contributed by atoms with Crippen LogP contribution in [0.4, 0.5) is 0 Å². The first-order valence-electron chi connectivity index (χ1n) is 1.88. The van der Waals surface area contributed by atoms with Gasteiger partial charge in [-0.05, 0) is 0 Å². The van der Waals surface area contributed by atoms with Crippen molar-refractivity contribution in [3.63, 3.8) is 0 Å². The maximum Gasteiger partial charge on any atom is 0.458 e. The molecule has 0 atom stereocenters. The van der Waals surface area contributed by atoms with Gasteiger partial charge in [0.05, 0.1) is 6.92 Å². The summed E-state index contributed by atoms with van der Waals surface area (Å²) < 4.78 is 8.65. The summed E-state index contributed by atoms with van der Waals surface area (Å²) in [5.41, 5.74) is 0. The fraction of sp³-hybridized carbons (Fsp3) is 0.500. The van der Waals surface area contributed by atoms with Gasteiger partial charge in [-0.1, -0.05) is 4.67 Å². The Labute approximate surface area is 36.2 Å². The molecule has 0 aliphatic carbocycles. The SMILES string of the molecule is CC1=[N+]=CCO1. The second kappa shape index (κ2) is 1.15. The van der Waals surface area contributed by atoms with Crippen molar-refractivity contribution in [2.75, 3.05) is 6.61 Å². The predicted octanol–water partition coefficient (Wildman–Crippen LogP) is -0.427. The molecule has 0 spiro atoms. The predicted molar refractivity (Wildman–Crippen MR) is 24.8 cm³/mol. The molecule has 1 aliphatic rings. The third-order valence-electron chi connectivity index (χ3n) is 0.640. The molecule has 0 unspecified atom stereocenters. The Bertz CT molecular complexity index is 111. The molecule has 0 amide bonds. The Morgan fingerprint density at radius 1 is 2.00 bits per heavy atom. The Balaban J connectivity index is 2.71. The Morgan fingerprint density at radius 3 is 3.00 bits per heavy atom. The fourth-order valence-corrected chi connectivity index (χ4v) is 0.361. The van der Waals surface area contributed by atoms with Crippen LogP contribution < -0.4 is 4.67 Å². The molecule has 6 heavy (non-hydrogen) atoms. The molecule has 0 radical (unpaired) electrons. The Hall–Kier alpha value is -0.750. The zero-order valence-electron chi connectivity index (χ0n) is 3.64. The summed E-state index contributed by atoms with van der Waals surface area (Å²) in [6.45, 7) is 2.50. The van der Waals surface area contributed by atoms with Crippen molar-refractivity contribution in [1.29, 1.82) is 0 Å². The molecular formula is C4H6NO+. The summed E-state index contributed by atoms with van der Waals surface area (Å²) in [6, 6.07) is 0. The molecule has 0 aromatic rings. The highest BCUT2D eigenvalue weighted by atomic mass is 16.5. The quantitative estimate of drug-likeness (QED) is 0.365. The minimum atomic E-state index is 0.659. The highest BCUT2D eigenvalue weighted by Crippen LogP contribution is 1.73. The normalized spacial score (nSPS) is 17.2. The summed E-state index contributed by atoms with van der Waals surface area (Å²) in [6.07, 6.45) is 1.75. The van der Waals surface area contributed by atoms with Gasteiger partial charge in [0.2, 0.25) is 0 Å².